The highest BCUT2D eigenvalue weighted by molar-refractivity contribution is 5.75. The molecule has 18 heavy (non-hydrogen) atoms. The van der Waals surface area contributed by atoms with Crippen molar-refractivity contribution in [3.05, 3.63) is 0 Å². The maximum Gasteiger partial charge on any atom is 0.157 e. The highest BCUT2D eigenvalue weighted by atomic mass is 16.7. The predicted octanol–water partition coefficient (Wildman–Crippen LogP) is 3.85. The zero-order chi connectivity index (χ0) is 13.1. The summed E-state index contributed by atoms with van der Waals surface area (Å²) in [7, 11) is 0. The van der Waals surface area contributed by atoms with Crippen molar-refractivity contribution in [1.82, 2.24) is 0 Å². The minimum Gasteiger partial charge on any atom is -0.353 e. The summed E-state index contributed by atoms with van der Waals surface area (Å²) in [5.41, 5.74) is 0. The fraction of sp³-hybridized carbons (Fsp3) is 0.933. The van der Waals surface area contributed by atoms with E-state index in [1.54, 1.807) is 6.92 Å². The summed E-state index contributed by atoms with van der Waals surface area (Å²) in [5.74, 6) is 0.316. The van der Waals surface area contributed by atoms with Gasteiger partial charge in [-0.3, -0.25) is 0 Å². The van der Waals surface area contributed by atoms with E-state index in [4.69, 9.17) is 9.47 Å². The molecule has 1 fully saturated rings. The first-order valence-corrected chi connectivity index (χ1v) is 7.51. The molecule has 0 amide bonds. The van der Waals surface area contributed by atoms with Crippen LogP contribution in [0.5, 0.6) is 0 Å². The molecule has 1 aliphatic heterocycles. The van der Waals surface area contributed by atoms with Crippen molar-refractivity contribution < 1.29 is 14.3 Å². The highest BCUT2D eigenvalue weighted by Crippen LogP contribution is 2.14. The molecule has 0 aromatic rings. The summed E-state index contributed by atoms with van der Waals surface area (Å²) in [6, 6.07) is 0. The second-order valence-corrected chi connectivity index (χ2v) is 5.24. The van der Waals surface area contributed by atoms with E-state index in [9.17, 15) is 4.79 Å². The van der Waals surface area contributed by atoms with E-state index in [1.807, 2.05) is 0 Å². The van der Waals surface area contributed by atoms with Crippen LogP contribution in [0.2, 0.25) is 0 Å². The van der Waals surface area contributed by atoms with Gasteiger partial charge >= 0.3 is 0 Å². The number of ketones is 1. The van der Waals surface area contributed by atoms with Gasteiger partial charge in [0.2, 0.25) is 0 Å². The van der Waals surface area contributed by atoms with Crippen LogP contribution in [-0.4, -0.2) is 25.3 Å². The van der Waals surface area contributed by atoms with Gasteiger partial charge in [-0.05, 0) is 39.0 Å². The van der Waals surface area contributed by atoms with E-state index in [2.05, 4.69) is 0 Å². The van der Waals surface area contributed by atoms with E-state index in [0.29, 0.717) is 5.78 Å². The molecule has 106 valence electrons. The monoisotopic (exact) mass is 256 g/mol. The third-order valence-electron chi connectivity index (χ3n) is 3.36. The summed E-state index contributed by atoms with van der Waals surface area (Å²) in [6.45, 7) is 3.36. The summed E-state index contributed by atoms with van der Waals surface area (Å²) < 4.78 is 11.2. The summed E-state index contributed by atoms with van der Waals surface area (Å²) >= 11 is 0. The lowest BCUT2D eigenvalue weighted by molar-refractivity contribution is -0.162. The Morgan fingerprint density at radius 3 is 2.50 bits per heavy atom. The van der Waals surface area contributed by atoms with Gasteiger partial charge in [-0.2, -0.15) is 0 Å². The van der Waals surface area contributed by atoms with Crippen LogP contribution in [0.1, 0.15) is 71.1 Å². The number of Topliss-reactive ketones (excluding diaryl/α,β-unsaturated/α-hetero) is 1. The van der Waals surface area contributed by atoms with Gasteiger partial charge in [0.25, 0.3) is 0 Å². The van der Waals surface area contributed by atoms with Crippen molar-refractivity contribution in [3.8, 4) is 0 Å². The van der Waals surface area contributed by atoms with Gasteiger partial charge < -0.3 is 14.3 Å². The largest absolute Gasteiger partial charge is 0.353 e. The molecule has 0 aromatic carbocycles. The molecule has 1 heterocycles. The van der Waals surface area contributed by atoms with E-state index in [-0.39, 0.29) is 6.29 Å². The normalized spacial score (nSPS) is 19.9. The first kappa shape index (κ1) is 15.6. The Labute approximate surface area is 111 Å². The first-order chi connectivity index (χ1) is 8.79. The standard InChI is InChI=1S/C15H28O3/c1-14(16)10-6-4-2-3-5-8-12-17-15-11-7-9-13-18-15/h15H,2-13H2,1H3. The van der Waals surface area contributed by atoms with Gasteiger partial charge in [-0.1, -0.05) is 25.7 Å². The SMILES string of the molecule is CC(=O)CCCCCCCCOC1CCCCO1. The Morgan fingerprint density at radius 2 is 1.83 bits per heavy atom. The Bertz CT molecular complexity index is 210. The number of hydrogen-bond donors (Lipinski definition) is 0. The average Bonchev–Trinajstić information content (AvgIpc) is 2.37. The molecule has 1 aliphatic rings. The van der Waals surface area contributed by atoms with Gasteiger partial charge in [-0.15, -0.1) is 0 Å². The lowest BCUT2D eigenvalue weighted by atomic mass is 10.1. The first-order valence-electron chi connectivity index (χ1n) is 7.51. The molecule has 3 heteroatoms. The Morgan fingerprint density at radius 1 is 1.11 bits per heavy atom. The average molecular weight is 256 g/mol. The maximum absolute atomic E-state index is 10.7. The lowest BCUT2D eigenvalue weighted by Crippen LogP contribution is -2.22. The van der Waals surface area contributed by atoms with E-state index >= 15 is 0 Å². The van der Waals surface area contributed by atoms with Crippen molar-refractivity contribution in [2.75, 3.05) is 13.2 Å². The molecule has 0 aromatic heterocycles. The van der Waals surface area contributed by atoms with Crippen LogP contribution in [0.4, 0.5) is 0 Å². The zero-order valence-electron chi connectivity index (χ0n) is 11.8. The molecule has 1 rings (SSSR count). The van der Waals surface area contributed by atoms with Gasteiger partial charge in [-0.25, -0.2) is 0 Å². The van der Waals surface area contributed by atoms with Crippen molar-refractivity contribution >= 4 is 5.78 Å². The van der Waals surface area contributed by atoms with Crippen LogP contribution in [-0.2, 0) is 14.3 Å². The number of hydrogen-bond acceptors (Lipinski definition) is 3. The molecule has 0 saturated carbocycles. The van der Waals surface area contributed by atoms with Gasteiger partial charge in [0.05, 0.1) is 0 Å². The van der Waals surface area contributed by atoms with Crippen LogP contribution in [0.25, 0.3) is 0 Å². The van der Waals surface area contributed by atoms with Gasteiger partial charge in [0.15, 0.2) is 6.29 Å². The number of carbonyl (C=O) groups is 1. The molecule has 1 saturated heterocycles. The van der Waals surface area contributed by atoms with Crippen molar-refractivity contribution in [2.24, 2.45) is 0 Å². The van der Waals surface area contributed by atoms with Crippen molar-refractivity contribution in [2.45, 2.75) is 77.4 Å². The Balaban J connectivity index is 1.76. The summed E-state index contributed by atoms with van der Waals surface area (Å²) in [4.78, 5) is 10.7. The number of carbonyl (C=O) groups excluding carboxylic acids is 1. The van der Waals surface area contributed by atoms with Crippen LogP contribution < -0.4 is 0 Å². The van der Waals surface area contributed by atoms with Crippen molar-refractivity contribution in [1.29, 1.82) is 0 Å². The molecule has 1 atom stereocenters. The molecule has 0 spiro atoms. The third kappa shape index (κ3) is 8.65. The minimum atomic E-state index is 0.0642. The number of unbranched alkanes of at least 4 members (excludes halogenated alkanes) is 5. The fourth-order valence-electron chi connectivity index (χ4n) is 2.24. The molecule has 3 nitrogen and oxygen atoms in total. The minimum absolute atomic E-state index is 0.0642. The van der Waals surface area contributed by atoms with Crippen LogP contribution >= 0.6 is 0 Å². The summed E-state index contributed by atoms with van der Waals surface area (Å²) in [6.07, 6.45) is 11.4. The third-order valence-corrected chi connectivity index (χ3v) is 3.36. The molecule has 0 radical (unpaired) electrons. The molecular formula is C15H28O3. The second-order valence-electron chi connectivity index (χ2n) is 5.24. The molecular weight excluding hydrogens is 228 g/mol. The van der Waals surface area contributed by atoms with Gasteiger partial charge in [0, 0.05) is 19.6 Å². The molecule has 0 aliphatic carbocycles. The fourth-order valence-corrected chi connectivity index (χ4v) is 2.24. The van der Waals surface area contributed by atoms with E-state index < -0.39 is 0 Å². The maximum atomic E-state index is 10.7. The van der Waals surface area contributed by atoms with E-state index in [1.165, 1.54) is 38.5 Å². The lowest BCUT2D eigenvalue weighted by Gasteiger charge is -2.22. The van der Waals surface area contributed by atoms with Crippen LogP contribution in [0.3, 0.4) is 0 Å². The summed E-state index contributed by atoms with van der Waals surface area (Å²) in [5, 5.41) is 0. The van der Waals surface area contributed by atoms with Crippen LogP contribution in [0, 0.1) is 0 Å². The van der Waals surface area contributed by atoms with Crippen LogP contribution in [0.15, 0.2) is 0 Å². The topological polar surface area (TPSA) is 35.5 Å². The molecule has 0 bridgehead atoms. The van der Waals surface area contributed by atoms with Crippen molar-refractivity contribution in [3.63, 3.8) is 0 Å². The molecule has 1 unspecified atom stereocenters. The Kier molecular flexibility index (Phi) is 9.13. The zero-order valence-corrected chi connectivity index (χ0v) is 11.8. The van der Waals surface area contributed by atoms with Gasteiger partial charge in [0.1, 0.15) is 5.78 Å². The van der Waals surface area contributed by atoms with E-state index in [0.717, 1.165) is 38.9 Å². The quantitative estimate of drug-likeness (QED) is 0.557. The molecule has 0 N–H and O–H groups in total. The second kappa shape index (κ2) is 10.5. The predicted molar refractivity (Wildman–Crippen MR) is 72.5 cm³/mol. The highest BCUT2D eigenvalue weighted by Gasteiger charge is 2.13. The number of ether oxygens (including phenoxy) is 2. The Hall–Kier alpha value is -0.410. The number of rotatable bonds is 10. The smallest absolute Gasteiger partial charge is 0.157 e.